The second-order valence-corrected chi connectivity index (χ2v) is 7.14. The van der Waals surface area contributed by atoms with Gasteiger partial charge in [0.1, 0.15) is 0 Å². The van der Waals surface area contributed by atoms with E-state index in [9.17, 15) is 0 Å². The molecule has 1 aromatic rings. The van der Waals surface area contributed by atoms with Crippen LogP contribution < -0.4 is 10.2 Å². The normalized spacial score (nSPS) is 30.6. The maximum absolute atomic E-state index is 5.65. The minimum Gasteiger partial charge on any atom is -0.360 e. The second-order valence-electron chi connectivity index (χ2n) is 6.75. The van der Waals surface area contributed by atoms with Gasteiger partial charge in [0.25, 0.3) is 0 Å². The average molecular weight is 317 g/mol. The number of thiocarbonyl (C=S) groups is 1. The molecule has 4 rings (SSSR count). The molecule has 22 heavy (non-hydrogen) atoms. The van der Waals surface area contributed by atoms with E-state index < -0.39 is 0 Å². The van der Waals surface area contributed by atoms with Gasteiger partial charge in [0.05, 0.1) is 0 Å². The van der Waals surface area contributed by atoms with E-state index >= 15 is 0 Å². The van der Waals surface area contributed by atoms with Crippen LogP contribution in [0, 0.1) is 11.8 Å². The highest BCUT2D eigenvalue weighted by Gasteiger charge is 2.40. The largest absolute Gasteiger partial charge is 0.360 e. The summed E-state index contributed by atoms with van der Waals surface area (Å²) in [5.74, 6) is 2.65. The molecule has 1 saturated heterocycles. The molecule has 118 valence electrons. The summed E-state index contributed by atoms with van der Waals surface area (Å²) in [5.41, 5.74) is 0. The van der Waals surface area contributed by atoms with Crippen molar-refractivity contribution in [1.82, 2.24) is 20.2 Å². The van der Waals surface area contributed by atoms with Gasteiger partial charge in [-0.15, -0.1) is 0 Å². The fraction of sp³-hybridized carbons (Fsp3) is 0.688. The summed E-state index contributed by atoms with van der Waals surface area (Å²) >= 11 is 5.65. The number of fused-ring (bicyclic) bond motifs is 2. The molecular weight excluding hydrogens is 294 g/mol. The van der Waals surface area contributed by atoms with Crippen molar-refractivity contribution < 1.29 is 0 Å². The van der Waals surface area contributed by atoms with Gasteiger partial charge in [-0.1, -0.05) is 6.42 Å². The van der Waals surface area contributed by atoms with Crippen molar-refractivity contribution in [2.75, 3.05) is 31.1 Å². The van der Waals surface area contributed by atoms with Crippen molar-refractivity contribution in [3.8, 4) is 0 Å². The van der Waals surface area contributed by atoms with Crippen LogP contribution in [-0.4, -0.2) is 52.2 Å². The van der Waals surface area contributed by atoms with Crippen molar-refractivity contribution >= 4 is 23.3 Å². The Balaban J connectivity index is 1.29. The van der Waals surface area contributed by atoms with Crippen LogP contribution in [0.2, 0.25) is 0 Å². The summed E-state index contributed by atoms with van der Waals surface area (Å²) in [6, 6.07) is 2.48. The molecule has 6 heteroatoms. The first-order valence-electron chi connectivity index (χ1n) is 8.37. The molecule has 2 aliphatic carbocycles. The molecule has 3 fully saturated rings. The summed E-state index contributed by atoms with van der Waals surface area (Å²) in [6.07, 6.45) is 9.17. The van der Waals surface area contributed by atoms with Crippen molar-refractivity contribution in [3.63, 3.8) is 0 Å². The topological polar surface area (TPSA) is 44.3 Å². The zero-order valence-electron chi connectivity index (χ0n) is 12.8. The molecule has 5 nitrogen and oxygen atoms in total. The summed E-state index contributed by atoms with van der Waals surface area (Å²) in [7, 11) is 0. The van der Waals surface area contributed by atoms with Gasteiger partial charge in [0.2, 0.25) is 5.95 Å². The van der Waals surface area contributed by atoms with Crippen LogP contribution in [-0.2, 0) is 0 Å². The first-order chi connectivity index (χ1) is 10.8. The lowest BCUT2D eigenvalue weighted by Gasteiger charge is -2.37. The molecule has 0 spiro atoms. The highest BCUT2D eigenvalue weighted by molar-refractivity contribution is 7.80. The van der Waals surface area contributed by atoms with Gasteiger partial charge in [-0.3, -0.25) is 0 Å². The molecule has 0 unspecified atom stereocenters. The van der Waals surface area contributed by atoms with E-state index in [-0.39, 0.29) is 0 Å². The SMILES string of the molecule is S=C(N[C@H]1C[C@H]2CC[C@H]1C2)N1CCN(c2ncccn2)CC1. The molecule has 0 aromatic carbocycles. The lowest BCUT2D eigenvalue weighted by Crippen LogP contribution is -2.54. The maximum atomic E-state index is 5.65. The van der Waals surface area contributed by atoms with E-state index in [2.05, 4.69) is 25.1 Å². The lowest BCUT2D eigenvalue weighted by atomic mass is 9.95. The highest BCUT2D eigenvalue weighted by atomic mass is 32.1. The monoisotopic (exact) mass is 317 g/mol. The van der Waals surface area contributed by atoms with Crippen LogP contribution in [0.1, 0.15) is 25.7 Å². The molecule has 3 atom stereocenters. The third kappa shape index (κ3) is 2.76. The molecule has 3 aliphatic rings. The van der Waals surface area contributed by atoms with Gasteiger partial charge in [-0.25, -0.2) is 9.97 Å². The molecule has 2 heterocycles. The van der Waals surface area contributed by atoms with E-state index in [4.69, 9.17) is 12.2 Å². The maximum Gasteiger partial charge on any atom is 0.225 e. The summed E-state index contributed by atoms with van der Waals surface area (Å²) in [5, 5.41) is 4.59. The number of aromatic nitrogens is 2. The quantitative estimate of drug-likeness (QED) is 0.837. The number of nitrogens with one attached hydrogen (secondary N) is 1. The molecule has 1 N–H and O–H groups in total. The van der Waals surface area contributed by atoms with E-state index in [0.29, 0.717) is 6.04 Å². The van der Waals surface area contributed by atoms with Crippen LogP contribution >= 0.6 is 12.2 Å². The molecule has 1 aromatic heterocycles. The predicted octanol–water partition coefficient (Wildman–Crippen LogP) is 1.66. The van der Waals surface area contributed by atoms with Gasteiger partial charge in [0, 0.05) is 44.6 Å². The van der Waals surface area contributed by atoms with Crippen molar-refractivity contribution in [3.05, 3.63) is 18.5 Å². The molecule has 0 radical (unpaired) electrons. The summed E-state index contributed by atoms with van der Waals surface area (Å²) in [6.45, 7) is 3.76. The van der Waals surface area contributed by atoms with Crippen LogP contribution in [0.4, 0.5) is 5.95 Å². The highest BCUT2D eigenvalue weighted by Crippen LogP contribution is 2.44. The molecule has 2 bridgehead atoms. The summed E-state index contributed by atoms with van der Waals surface area (Å²) < 4.78 is 0. The van der Waals surface area contributed by atoms with Crippen molar-refractivity contribution in [2.45, 2.75) is 31.7 Å². The second kappa shape index (κ2) is 5.99. The lowest BCUT2D eigenvalue weighted by molar-refractivity contribution is 0.344. The first-order valence-corrected chi connectivity index (χ1v) is 8.78. The van der Waals surface area contributed by atoms with E-state index in [0.717, 1.165) is 49.1 Å². The van der Waals surface area contributed by atoms with Crippen molar-refractivity contribution in [1.29, 1.82) is 0 Å². The number of rotatable bonds is 2. The molecular formula is C16H23N5S. The Morgan fingerprint density at radius 2 is 1.86 bits per heavy atom. The van der Waals surface area contributed by atoms with Gasteiger partial charge < -0.3 is 15.1 Å². The summed E-state index contributed by atoms with van der Waals surface area (Å²) in [4.78, 5) is 13.2. The molecule has 1 aliphatic heterocycles. The van der Waals surface area contributed by atoms with Crippen LogP contribution in [0.5, 0.6) is 0 Å². The van der Waals surface area contributed by atoms with Crippen LogP contribution in [0.3, 0.4) is 0 Å². The van der Waals surface area contributed by atoms with Crippen LogP contribution in [0.15, 0.2) is 18.5 Å². The number of piperazine rings is 1. The van der Waals surface area contributed by atoms with E-state index in [1.165, 1.54) is 25.7 Å². The van der Waals surface area contributed by atoms with E-state index in [1.807, 2.05) is 6.07 Å². The average Bonchev–Trinajstić information content (AvgIpc) is 3.19. The Morgan fingerprint density at radius 3 is 2.50 bits per heavy atom. The fourth-order valence-electron chi connectivity index (χ4n) is 4.24. The van der Waals surface area contributed by atoms with Gasteiger partial charge >= 0.3 is 0 Å². The Kier molecular flexibility index (Phi) is 3.86. The van der Waals surface area contributed by atoms with E-state index in [1.54, 1.807) is 12.4 Å². The number of hydrogen-bond donors (Lipinski definition) is 1. The molecule has 0 amide bonds. The Morgan fingerprint density at radius 1 is 1.09 bits per heavy atom. The smallest absolute Gasteiger partial charge is 0.225 e. The first kappa shape index (κ1) is 14.2. The number of anilines is 1. The minimum atomic E-state index is 0.627. The van der Waals surface area contributed by atoms with Gasteiger partial charge in [-0.2, -0.15) is 0 Å². The zero-order valence-corrected chi connectivity index (χ0v) is 13.6. The number of nitrogens with zero attached hydrogens (tertiary/aromatic N) is 4. The minimum absolute atomic E-state index is 0.627. The Labute approximate surface area is 137 Å². The number of hydrogen-bond acceptors (Lipinski definition) is 4. The van der Waals surface area contributed by atoms with Gasteiger partial charge in [-0.05, 0) is 49.4 Å². The Bertz CT molecular complexity index is 529. The fourth-order valence-corrected chi connectivity index (χ4v) is 4.57. The van der Waals surface area contributed by atoms with Gasteiger partial charge in [0.15, 0.2) is 5.11 Å². The third-order valence-electron chi connectivity index (χ3n) is 5.45. The van der Waals surface area contributed by atoms with Crippen LogP contribution in [0.25, 0.3) is 0 Å². The molecule has 2 saturated carbocycles. The van der Waals surface area contributed by atoms with Crippen molar-refractivity contribution in [2.24, 2.45) is 11.8 Å². The third-order valence-corrected chi connectivity index (χ3v) is 5.82. The zero-order chi connectivity index (χ0) is 14.9. The standard InChI is InChI=1S/C16H23N5S/c22-16(19-14-11-12-2-3-13(14)10-12)21-8-6-20(7-9-21)15-17-4-1-5-18-15/h1,4-5,12-14H,2-3,6-11H2,(H,19,22)/t12-,13-,14-/m0/s1. The predicted molar refractivity (Wildman–Crippen MR) is 90.8 cm³/mol. The Hall–Kier alpha value is -1.43.